The number of amides is 1. The minimum absolute atomic E-state index is 0. The molecule has 0 heterocycles. The van der Waals surface area contributed by atoms with Gasteiger partial charge in [-0.05, 0) is 25.1 Å². The molecule has 0 aromatic heterocycles. The molecule has 0 fully saturated rings. The Morgan fingerprint density at radius 2 is 2.00 bits per heavy atom. The lowest BCUT2D eigenvalue weighted by atomic mass is 10.2. The van der Waals surface area contributed by atoms with E-state index >= 15 is 0 Å². The number of rotatable bonds is 5. The van der Waals surface area contributed by atoms with Crippen LogP contribution < -0.4 is 16.2 Å². The van der Waals surface area contributed by atoms with Crippen molar-refractivity contribution in [3.63, 3.8) is 0 Å². The summed E-state index contributed by atoms with van der Waals surface area (Å²) in [6.45, 7) is 1.82. The van der Waals surface area contributed by atoms with Gasteiger partial charge in [-0.15, -0.1) is 12.4 Å². The van der Waals surface area contributed by atoms with Crippen LogP contribution in [0.1, 0.15) is 17.3 Å². The molecule has 1 aromatic carbocycles. The molecular weight excluding hydrogens is 358 g/mol. The third kappa shape index (κ3) is 5.07. The van der Waals surface area contributed by atoms with Gasteiger partial charge in [0, 0.05) is 22.6 Å². The van der Waals surface area contributed by atoms with Crippen LogP contribution in [-0.4, -0.2) is 26.9 Å². The zero-order valence-electron chi connectivity index (χ0n) is 10.1. The number of hydrogen-bond acceptors (Lipinski definition) is 4. The zero-order valence-corrected chi connectivity index (χ0v) is 13.3. The van der Waals surface area contributed by atoms with E-state index in [1.165, 1.54) is 18.2 Å². The molecular formula is C10H15BrClN3O3S. The van der Waals surface area contributed by atoms with Crippen LogP contribution in [0.2, 0.25) is 0 Å². The van der Waals surface area contributed by atoms with Gasteiger partial charge >= 0.3 is 0 Å². The molecule has 1 atom stereocenters. The minimum atomic E-state index is -3.72. The van der Waals surface area contributed by atoms with Crippen LogP contribution in [0.15, 0.2) is 27.6 Å². The van der Waals surface area contributed by atoms with Crippen LogP contribution in [0.3, 0.4) is 0 Å². The van der Waals surface area contributed by atoms with Crippen molar-refractivity contribution in [1.82, 2.24) is 4.72 Å². The molecule has 0 bridgehead atoms. The molecule has 0 aliphatic heterocycles. The molecule has 1 rings (SSSR count). The molecule has 9 heteroatoms. The Balaban J connectivity index is 0.00000324. The first-order chi connectivity index (χ1) is 8.26. The van der Waals surface area contributed by atoms with Gasteiger partial charge in [0.1, 0.15) is 0 Å². The number of nitrogens with one attached hydrogen (secondary N) is 1. The Morgan fingerprint density at radius 1 is 1.42 bits per heavy atom. The second-order valence-electron chi connectivity index (χ2n) is 3.80. The van der Waals surface area contributed by atoms with E-state index in [1.54, 1.807) is 6.92 Å². The summed E-state index contributed by atoms with van der Waals surface area (Å²) in [5, 5.41) is 0. The SMILES string of the molecule is C[C@@H](CN)NS(=O)(=O)c1cc(Br)cc(C(N)=O)c1.Cl. The van der Waals surface area contributed by atoms with Crippen LogP contribution in [0.4, 0.5) is 0 Å². The third-order valence-electron chi connectivity index (χ3n) is 2.18. The van der Waals surface area contributed by atoms with E-state index in [9.17, 15) is 13.2 Å². The molecule has 5 N–H and O–H groups in total. The van der Waals surface area contributed by atoms with E-state index in [0.29, 0.717) is 4.47 Å². The first-order valence-electron chi connectivity index (χ1n) is 5.09. The molecule has 108 valence electrons. The van der Waals surface area contributed by atoms with Crippen molar-refractivity contribution in [2.24, 2.45) is 11.5 Å². The summed E-state index contributed by atoms with van der Waals surface area (Å²) in [6.07, 6.45) is 0. The van der Waals surface area contributed by atoms with Gasteiger partial charge in [-0.1, -0.05) is 15.9 Å². The summed E-state index contributed by atoms with van der Waals surface area (Å²) in [5.41, 5.74) is 10.6. The van der Waals surface area contributed by atoms with Crippen LogP contribution in [0.25, 0.3) is 0 Å². The average Bonchev–Trinajstić information content (AvgIpc) is 2.27. The predicted molar refractivity (Wildman–Crippen MR) is 78.7 cm³/mol. The van der Waals surface area contributed by atoms with Crippen molar-refractivity contribution >= 4 is 44.3 Å². The molecule has 0 aliphatic carbocycles. The summed E-state index contributed by atoms with van der Waals surface area (Å²) < 4.78 is 26.8. The van der Waals surface area contributed by atoms with E-state index in [1.807, 2.05) is 0 Å². The molecule has 0 unspecified atom stereocenters. The lowest BCUT2D eigenvalue weighted by Crippen LogP contribution is -2.37. The van der Waals surface area contributed by atoms with Crippen LogP contribution in [0, 0.1) is 0 Å². The number of benzene rings is 1. The van der Waals surface area contributed by atoms with Crippen LogP contribution in [0.5, 0.6) is 0 Å². The van der Waals surface area contributed by atoms with Crippen molar-refractivity contribution in [2.75, 3.05) is 6.54 Å². The van der Waals surface area contributed by atoms with Gasteiger partial charge < -0.3 is 11.5 Å². The molecule has 19 heavy (non-hydrogen) atoms. The first-order valence-corrected chi connectivity index (χ1v) is 7.36. The highest BCUT2D eigenvalue weighted by molar-refractivity contribution is 9.10. The van der Waals surface area contributed by atoms with Gasteiger partial charge in [-0.25, -0.2) is 13.1 Å². The summed E-state index contributed by atoms with van der Waals surface area (Å²) in [6, 6.07) is 3.66. The van der Waals surface area contributed by atoms with E-state index in [2.05, 4.69) is 20.7 Å². The van der Waals surface area contributed by atoms with Gasteiger partial charge in [-0.3, -0.25) is 4.79 Å². The van der Waals surface area contributed by atoms with E-state index in [0.717, 1.165) is 0 Å². The fourth-order valence-electron chi connectivity index (χ4n) is 1.24. The number of primary amides is 1. The van der Waals surface area contributed by atoms with Crippen molar-refractivity contribution in [3.05, 3.63) is 28.2 Å². The van der Waals surface area contributed by atoms with E-state index in [-0.39, 0.29) is 29.4 Å². The molecule has 1 amide bonds. The number of hydrogen-bond donors (Lipinski definition) is 3. The number of carbonyl (C=O) groups is 1. The molecule has 0 spiro atoms. The zero-order chi connectivity index (χ0) is 13.9. The molecule has 1 aromatic rings. The van der Waals surface area contributed by atoms with Crippen LogP contribution >= 0.6 is 28.3 Å². The summed E-state index contributed by atoms with van der Waals surface area (Å²) in [4.78, 5) is 11.0. The fourth-order valence-corrected chi connectivity index (χ4v) is 3.21. The lowest BCUT2D eigenvalue weighted by Gasteiger charge is -2.12. The predicted octanol–water partition coefficient (Wildman–Crippen LogP) is 0.595. The third-order valence-corrected chi connectivity index (χ3v) is 4.20. The topological polar surface area (TPSA) is 115 Å². The second kappa shape index (κ2) is 7.20. The van der Waals surface area contributed by atoms with E-state index in [4.69, 9.17) is 11.5 Å². The van der Waals surface area contributed by atoms with Crippen molar-refractivity contribution < 1.29 is 13.2 Å². The Hall–Kier alpha value is -0.670. The number of halogens is 2. The maximum absolute atomic E-state index is 12.0. The normalized spacial score (nSPS) is 12.6. The maximum atomic E-state index is 12.0. The monoisotopic (exact) mass is 371 g/mol. The highest BCUT2D eigenvalue weighted by Gasteiger charge is 2.18. The molecule has 0 aliphatic rings. The van der Waals surface area contributed by atoms with Gasteiger partial charge in [0.2, 0.25) is 15.9 Å². The Morgan fingerprint density at radius 3 is 2.47 bits per heavy atom. The largest absolute Gasteiger partial charge is 0.366 e. The Bertz CT molecular complexity index is 565. The molecule has 0 saturated heterocycles. The average molecular weight is 373 g/mol. The minimum Gasteiger partial charge on any atom is -0.366 e. The molecule has 6 nitrogen and oxygen atoms in total. The standard InChI is InChI=1S/C10H14BrN3O3S.ClH/c1-6(5-12)14-18(16,17)9-3-7(10(13)15)2-8(11)4-9;/h2-4,6,14H,5,12H2,1H3,(H2,13,15);1H/t6-;/m0./s1. The van der Waals surface area contributed by atoms with Gasteiger partial charge in [0.05, 0.1) is 4.90 Å². The molecule has 0 saturated carbocycles. The van der Waals surface area contributed by atoms with Gasteiger partial charge in [0.15, 0.2) is 0 Å². The lowest BCUT2D eigenvalue weighted by molar-refractivity contribution is 0.1000. The van der Waals surface area contributed by atoms with Crippen molar-refractivity contribution in [1.29, 1.82) is 0 Å². The Labute approximate surface area is 126 Å². The van der Waals surface area contributed by atoms with Crippen LogP contribution in [-0.2, 0) is 10.0 Å². The summed E-state index contributed by atoms with van der Waals surface area (Å²) >= 11 is 3.13. The highest BCUT2D eigenvalue weighted by Crippen LogP contribution is 2.19. The maximum Gasteiger partial charge on any atom is 0.248 e. The number of sulfonamides is 1. The number of carbonyl (C=O) groups excluding carboxylic acids is 1. The van der Waals surface area contributed by atoms with Gasteiger partial charge in [-0.2, -0.15) is 0 Å². The first kappa shape index (κ1) is 18.3. The smallest absolute Gasteiger partial charge is 0.248 e. The Kier molecular flexibility index (Phi) is 6.95. The van der Waals surface area contributed by atoms with Gasteiger partial charge in [0.25, 0.3) is 0 Å². The quantitative estimate of drug-likeness (QED) is 0.701. The van der Waals surface area contributed by atoms with Crippen molar-refractivity contribution in [2.45, 2.75) is 17.9 Å². The van der Waals surface area contributed by atoms with Crippen molar-refractivity contribution in [3.8, 4) is 0 Å². The summed E-state index contributed by atoms with van der Waals surface area (Å²) in [5.74, 6) is -0.695. The summed E-state index contributed by atoms with van der Waals surface area (Å²) in [7, 11) is -3.72. The van der Waals surface area contributed by atoms with E-state index < -0.39 is 22.0 Å². The fraction of sp³-hybridized carbons (Fsp3) is 0.300. The highest BCUT2D eigenvalue weighted by atomic mass is 79.9. The second-order valence-corrected chi connectivity index (χ2v) is 6.43. The molecule has 0 radical (unpaired) electrons. The number of nitrogens with two attached hydrogens (primary N) is 2.